The smallest absolute Gasteiger partial charge is 0.250 e. The van der Waals surface area contributed by atoms with Gasteiger partial charge in [0.05, 0.1) is 8.07 Å². The number of amides is 2. The molecule has 0 saturated carbocycles. The summed E-state index contributed by atoms with van der Waals surface area (Å²) < 4.78 is 0. The number of carbonyl (C=O) groups is 2. The summed E-state index contributed by atoms with van der Waals surface area (Å²) in [6.07, 6.45) is 1.43. The largest absolute Gasteiger partial charge is 0.289 e. The molecule has 1 aliphatic rings. The van der Waals surface area contributed by atoms with Crippen LogP contribution in [-0.2, 0) is 9.59 Å². The van der Waals surface area contributed by atoms with E-state index >= 15 is 0 Å². The fourth-order valence-electron chi connectivity index (χ4n) is 0.969. The first-order valence-corrected chi connectivity index (χ1v) is 6.99. The van der Waals surface area contributed by atoms with Crippen LogP contribution in [0, 0.1) is 0 Å². The van der Waals surface area contributed by atoms with E-state index in [-0.39, 0.29) is 11.8 Å². The maximum atomic E-state index is 11.1. The number of rotatable bonds is 1. The van der Waals surface area contributed by atoms with Gasteiger partial charge < -0.3 is 0 Å². The van der Waals surface area contributed by atoms with Gasteiger partial charge in [-0.3, -0.25) is 14.9 Å². The Balaban J connectivity index is 2.97. The van der Waals surface area contributed by atoms with Gasteiger partial charge in [-0.1, -0.05) is 19.6 Å². The molecule has 0 fully saturated rings. The average molecular weight is 169 g/mol. The minimum absolute atomic E-state index is 0.200. The van der Waals surface area contributed by atoms with Crippen LogP contribution in [0.4, 0.5) is 0 Å². The molecular weight excluding hydrogens is 158 g/mol. The molecule has 4 heteroatoms. The van der Waals surface area contributed by atoms with Gasteiger partial charge in [0.2, 0.25) is 5.91 Å². The zero-order chi connectivity index (χ0) is 8.65. The van der Waals surface area contributed by atoms with Gasteiger partial charge in [-0.25, -0.2) is 0 Å². The molecule has 1 aliphatic heterocycles. The summed E-state index contributed by atoms with van der Waals surface area (Å²) in [5, 5.41) is 2.93. The standard InChI is InChI=1S/C7H11NO2Si/c1-11(2,3)5-4-6(9)8-7(5)10/h4H,1-3H3,(H,8,9,10). The predicted octanol–water partition coefficient (Wildman–Crippen LogP) is 0.447. The van der Waals surface area contributed by atoms with Crippen molar-refractivity contribution in [1.82, 2.24) is 5.32 Å². The van der Waals surface area contributed by atoms with Gasteiger partial charge in [-0.05, 0) is 0 Å². The van der Waals surface area contributed by atoms with Crippen molar-refractivity contribution >= 4 is 19.9 Å². The molecule has 3 nitrogen and oxygen atoms in total. The van der Waals surface area contributed by atoms with E-state index in [1.54, 1.807) is 0 Å². The van der Waals surface area contributed by atoms with E-state index in [2.05, 4.69) is 5.32 Å². The van der Waals surface area contributed by atoms with Crippen LogP contribution in [0.25, 0.3) is 0 Å². The SMILES string of the molecule is C[Si](C)(C)C1=CC(=O)NC1=O. The topological polar surface area (TPSA) is 46.2 Å². The lowest BCUT2D eigenvalue weighted by Gasteiger charge is -2.14. The predicted molar refractivity (Wildman–Crippen MR) is 44.6 cm³/mol. The molecule has 0 aliphatic carbocycles. The molecule has 1 N–H and O–H groups in total. The van der Waals surface area contributed by atoms with Crippen molar-refractivity contribution < 1.29 is 9.59 Å². The molecule has 0 atom stereocenters. The van der Waals surface area contributed by atoms with Crippen molar-refractivity contribution in [2.45, 2.75) is 19.6 Å². The van der Waals surface area contributed by atoms with Crippen molar-refractivity contribution in [2.75, 3.05) is 0 Å². The van der Waals surface area contributed by atoms with Crippen LogP contribution >= 0.6 is 0 Å². The number of hydrogen-bond acceptors (Lipinski definition) is 2. The van der Waals surface area contributed by atoms with E-state index in [4.69, 9.17) is 0 Å². The molecule has 1 heterocycles. The number of carbonyl (C=O) groups excluding carboxylic acids is 2. The second-order valence-corrected chi connectivity index (χ2v) is 8.67. The summed E-state index contributed by atoms with van der Waals surface area (Å²) in [6.45, 7) is 6.12. The van der Waals surface area contributed by atoms with Gasteiger partial charge in [0, 0.05) is 11.3 Å². The second kappa shape index (κ2) is 2.30. The van der Waals surface area contributed by atoms with Gasteiger partial charge >= 0.3 is 0 Å². The van der Waals surface area contributed by atoms with Crippen molar-refractivity contribution in [1.29, 1.82) is 0 Å². The molecule has 0 saturated heterocycles. The quantitative estimate of drug-likeness (QED) is 0.457. The Morgan fingerprint density at radius 3 is 2.00 bits per heavy atom. The highest BCUT2D eigenvalue weighted by Gasteiger charge is 2.31. The molecule has 1 rings (SSSR count). The average Bonchev–Trinajstić information content (AvgIpc) is 2.08. The number of hydrogen-bond donors (Lipinski definition) is 1. The molecular formula is C7H11NO2Si. The van der Waals surface area contributed by atoms with Crippen molar-refractivity contribution in [3.63, 3.8) is 0 Å². The van der Waals surface area contributed by atoms with E-state index in [1.165, 1.54) is 6.08 Å². The Morgan fingerprint density at radius 1 is 1.27 bits per heavy atom. The molecule has 0 unspecified atom stereocenters. The number of imide groups is 1. The molecule has 0 aromatic heterocycles. The Labute approximate surface area is 66.5 Å². The minimum Gasteiger partial charge on any atom is -0.289 e. The van der Waals surface area contributed by atoms with E-state index in [0.717, 1.165) is 0 Å². The van der Waals surface area contributed by atoms with Gasteiger partial charge in [0.15, 0.2) is 0 Å². The van der Waals surface area contributed by atoms with Crippen molar-refractivity contribution in [3.8, 4) is 0 Å². The Kier molecular flexibility index (Phi) is 1.71. The van der Waals surface area contributed by atoms with Gasteiger partial charge in [0.25, 0.3) is 5.91 Å². The fraction of sp³-hybridized carbons (Fsp3) is 0.429. The summed E-state index contributed by atoms with van der Waals surface area (Å²) in [7, 11) is -1.60. The molecule has 0 aromatic rings. The lowest BCUT2D eigenvalue weighted by Crippen LogP contribution is -2.32. The minimum atomic E-state index is -1.60. The van der Waals surface area contributed by atoms with Crippen LogP contribution in [0.2, 0.25) is 19.6 Å². The molecule has 2 amide bonds. The van der Waals surface area contributed by atoms with Crippen molar-refractivity contribution in [3.05, 3.63) is 11.3 Å². The summed E-state index contributed by atoms with van der Waals surface area (Å²) in [6, 6.07) is 0. The Morgan fingerprint density at radius 2 is 1.82 bits per heavy atom. The molecule has 0 bridgehead atoms. The lowest BCUT2D eigenvalue weighted by molar-refractivity contribution is -0.123. The first kappa shape index (κ1) is 8.20. The third kappa shape index (κ3) is 1.57. The monoisotopic (exact) mass is 169 g/mol. The maximum absolute atomic E-state index is 11.1. The first-order chi connectivity index (χ1) is 4.91. The third-order valence-corrected chi connectivity index (χ3v) is 3.55. The third-order valence-electron chi connectivity index (χ3n) is 1.56. The second-order valence-electron chi connectivity index (χ2n) is 3.63. The maximum Gasteiger partial charge on any atom is 0.250 e. The lowest BCUT2D eigenvalue weighted by atomic mass is 10.5. The van der Waals surface area contributed by atoms with Crippen LogP contribution in [0.1, 0.15) is 0 Å². The van der Waals surface area contributed by atoms with Gasteiger partial charge in [-0.2, -0.15) is 0 Å². The van der Waals surface area contributed by atoms with Crippen LogP contribution in [0.15, 0.2) is 11.3 Å². The van der Waals surface area contributed by atoms with Gasteiger partial charge in [0.1, 0.15) is 0 Å². The molecule has 0 radical (unpaired) electrons. The first-order valence-electron chi connectivity index (χ1n) is 3.49. The van der Waals surface area contributed by atoms with Crippen molar-refractivity contribution in [2.24, 2.45) is 0 Å². The zero-order valence-corrected chi connectivity index (χ0v) is 7.89. The van der Waals surface area contributed by atoms with Gasteiger partial charge in [-0.15, -0.1) is 0 Å². The van der Waals surface area contributed by atoms with E-state index in [0.29, 0.717) is 5.20 Å². The normalized spacial score (nSPS) is 18.3. The molecule has 0 spiro atoms. The molecule has 11 heavy (non-hydrogen) atoms. The Hall–Kier alpha value is -0.903. The Bertz CT molecular complexity index is 250. The van der Waals surface area contributed by atoms with E-state index in [1.807, 2.05) is 19.6 Å². The number of nitrogens with one attached hydrogen (secondary N) is 1. The van der Waals surface area contributed by atoms with E-state index < -0.39 is 8.07 Å². The highest BCUT2D eigenvalue weighted by atomic mass is 28.3. The molecule has 0 aromatic carbocycles. The van der Waals surface area contributed by atoms with Crippen LogP contribution < -0.4 is 5.32 Å². The van der Waals surface area contributed by atoms with Crippen LogP contribution in [0.5, 0.6) is 0 Å². The molecule has 60 valence electrons. The van der Waals surface area contributed by atoms with Crippen LogP contribution in [-0.4, -0.2) is 19.9 Å². The summed E-state index contributed by atoms with van der Waals surface area (Å²) in [5.74, 6) is -0.471. The fourth-order valence-corrected chi connectivity index (χ4v) is 2.28. The highest BCUT2D eigenvalue weighted by Crippen LogP contribution is 2.17. The summed E-state index contributed by atoms with van der Waals surface area (Å²) >= 11 is 0. The zero-order valence-electron chi connectivity index (χ0n) is 6.89. The highest BCUT2D eigenvalue weighted by molar-refractivity contribution is 6.88. The summed E-state index contributed by atoms with van der Waals surface area (Å²) in [4.78, 5) is 21.8. The summed E-state index contributed by atoms with van der Waals surface area (Å²) in [5.41, 5.74) is 0. The van der Waals surface area contributed by atoms with Crippen LogP contribution in [0.3, 0.4) is 0 Å². The van der Waals surface area contributed by atoms with E-state index in [9.17, 15) is 9.59 Å².